The van der Waals surface area contributed by atoms with Crippen LogP contribution in [-0.2, 0) is 4.79 Å². The standard InChI is InChI=1S/C16H22N2O3/c19-15(13-4-2-1-3-5-13)17-7-9-18(10-8-17)16(20)14-6-11-21-12-14/h6,11-13H,1-5,7-10H2. The number of carbonyl (C=O) groups excluding carboxylic acids is 2. The van der Waals surface area contributed by atoms with E-state index in [-0.39, 0.29) is 11.8 Å². The first-order chi connectivity index (χ1) is 10.3. The van der Waals surface area contributed by atoms with Crippen molar-refractivity contribution in [3.63, 3.8) is 0 Å². The molecule has 1 saturated heterocycles. The van der Waals surface area contributed by atoms with Gasteiger partial charge in [0.2, 0.25) is 5.91 Å². The molecule has 1 aromatic rings. The summed E-state index contributed by atoms with van der Waals surface area (Å²) in [4.78, 5) is 28.4. The summed E-state index contributed by atoms with van der Waals surface area (Å²) < 4.78 is 4.95. The topological polar surface area (TPSA) is 53.8 Å². The highest BCUT2D eigenvalue weighted by molar-refractivity contribution is 5.94. The fraction of sp³-hybridized carbons (Fsp3) is 0.625. The molecule has 114 valence electrons. The van der Waals surface area contributed by atoms with Crippen molar-refractivity contribution in [1.29, 1.82) is 0 Å². The summed E-state index contributed by atoms with van der Waals surface area (Å²) in [5.74, 6) is 0.508. The molecule has 3 rings (SSSR count). The van der Waals surface area contributed by atoms with Crippen LogP contribution in [0.1, 0.15) is 42.5 Å². The fourth-order valence-electron chi connectivity index (χ4n) is 3.31. The van der Waals surface area contributed by atoms with Gasteiger partial charge in [0.05, 0.1) is 11.8 Å². The van der Waals surface area contributed by atoms with E-state index in [0.29, 0.717) is 37.6 Å². The van der Waals surface area contributed by atoms with Crippen LogP contribution in [0.4, 0.5) is 0 Å². The average molecular weight is 290 g/mol. The minimum atomic E-state index is -0.00600. The quantitative estimate of drug-likeness (QED) is 0.838. The number of carbonyl (C=O) groups is 2. The Morgan fingerprint density at radius 2 is 1.67 bits per heavy atom. The number of nitrogens with zero attached hydrogens (tertiary/aromatic N) is 2. The van der Waals surface area contributed by atoms with E-state index >= 15 is 0 Å². The maximum Gasteiger partial charge on any atom is 0.257 e. The highest BCUT2D eigenvalue weighted by atomic mass is 16.3. The van der Waals surface area contributed by atoms with Crippen LogP contribution in [0.25, 0.3) is 0 Å². The fourth-order valence-corrected chi connectivity index (χ4v) is 3.31. The summed E-state index contributed by atoms with van der Waals surface area (Å²) in [6.07, 6.45) is 8.67. The van der Waals surface area contributed by atoms with E-state index < -0.39 is 0 Å². The van der Waals surface area contributed by atoms with Crippen molar-refractivity contribution in [2.45, 2.75) is 32.1 Å². The van der Waals surface area contributed by atoms with Gasteiger partial charge in [0.1, 0.15) is 6.26 Å². The van der Waals surface area contributed by atoms with E-state index in [1.54, 1.807) is 11.0 Å². The van der Waals surface area contributed by atoms with Crippen LogP contribution in [0.3, 0.4) is 0 Å². The first-order valence-electron chi connectivity index (χ1n) is 7.86. The van der Waals surface area contributed by atoms with Crippen LogP contribution in [-0.4, -0.2) is 47.8 Å². The first-order valence-corrected chi connectivity index (χ1v) is 7.86. The number of hydrogen-bond acceptors (Lipinski definition) is 3. The molecule has 0 aromatic carbocycles. The Balaban J connectivity index is 1.52. The summed E-state index contributed by atoms with van der Waals surface area (Å²) in [5, 5.41) is 0. The molecule has 0 spiro atoms. The third kappa shape index (κ3) is 3.12. The molecule has 5 heteroatoms. The Bertz CT molecular complexity index is 484. The van der Waals surface area contributed by atoms with Crippen molar-refractivity contribution < 1.29 is 14.0 Å². The van der Waals surface area contributed by atoms with Crippen molar-refractivity contribution >= 4 is 11.8 Å². The Kier molecular flexibility index (Phi) is 4.27. The van der Waals surface area contributed by atoms with Crippen molar-refractivity contribution in [1.82, 2.24) is 9.80 Å². The van der Waals surface area contributed by atoms with Crippen molar-refractivity contribution in [3.05, 3.63) is 24.2 Å². The summed E-state index contributed by atoms with van der Waals surface area (Å²) >= 11 is 0. The van der Waals surface area contributed by atoms with Gasteiger partial charge in [-0.2, -0.15) is 0 Å². The van der Waals surface area contributed by atoms with E-state index in [1.165, 1.54) is 31.8 Å². The molecule has 0 radical (unpaired) electrons. The Morgan fingerprint density at radius 1 is 1.00 bits per heavy atom. The molecule has 1 saturated carbocycles. The number of amides is 2. The number of rotatable bonds is 2. The van der Waals surface area contributed by atoms with Gasteiger partial charge in [0, 0.05) is 32.1 Å². The lowest BCUT2D eigenvalue weighted by Gasteiger charge is -2.37. The van der Waals surface area contributed by atoms with Crippen molar-refractivity contribution in [2.24, 2.45) is 5.92 Å². The zero-order valence-electron chi connectivity index (χ0n) is 12.3. The molecule has 2 amide bonds. The van der Waals surface area contributed by atoms with Crippen LogP contribution in [0.5, 0.6) is 0 Å². The van der Waals surface area contributed by atoms with Crippen molar-refractivity contribution in [2.75, 3.05) is 26.2 Å². The normalized spacial score (nSPS) is 20.6. The molecule has 1 aliphatic heterocycles. The smallest absolute Gasteiger partial charge is 0.257 e. The maximum absolute atomic E-state index is 12.5. The zero-order chi connectivity index (χ0) is 14.7. The number of furan rings is 1. The van der Waals surface area contributed by atoms with E-state index in [4.69, 9.17) is 4.42 Å². The highest BCUT2D eigenvalue weighted by Gasteiger charge is 2.30. The third-order valence-corrected chi connectivity index (χ3v) is 4.60. The molecular weight excluding hydrogens is 268 g/mol. The molecule has 0 N–H and O–H groups in total. The largest absolute Gasteiger partial charge is 0.472 e. The molecule has 5 nitrogen and oxygen atoms in total. The van der Waals surface area contributed by atoms with Gasteiger partial charge in [-0.3, -0.25) is 9.59 Å². The second kappa shape index (κ2) is 6.33. The molecule has 1 aromatic heterocycles. The predicted molar refractivity (Wildman–Crippen MR) is 77.8 cm³/mol. The summed E-state index contributed by atoms with van der Waals surface area (Å²) in [6, 6.07) is 1.68. The van der Waals surface area contributed by atoms with Crippen LogP contribution < -0.4 is 0 Å². The van der Waals surface area contributed by atoms with Gasteiger partial charge in [-0.1, -0.05) is 19.3 Å². The minimum Gasteiger partial charge on any atom is -0.472 e. The second-order valence-corrected chi connectivity index (χ2v) is 5.96. The second-order valence-electron chi connectivity index (χ2n) is 5.96. The predicted octanol–water partition coefficient (Wildman–Crippen LogP) is 2.14. The number of hydrogen-bond donors (Lipinski definition) is 0. The first kappa shape index (κ1) is 14.2. The molecule has 2 fully saturated rings. The van der Waals surface area contributed by atoms with Crippen LogP contribution in [0, 0.1) is 5.92 Å². The minimum absolute atomic E-state index is 0.00600. The molecule has 0 atom stereocenters. The lowest BCUT2D eigenvalue weighted by atomic mass is 9.88. The van der Waals surface area contributed by atoms with Crippen molar-refractivity contribution in [3.8, 4) is 0 Å². The monoisotopic (exact) mass is 290 g/mol. The summed E-state index contributed by atoms with van der Waals surface area (Å²) in [6.45, 7) is 2.53. The van der Waals surface area contributed by atoms with Gasteiger partial charge in [-0.25, -0.2) is 0 Å². The molecular formula is C16H22N2O3. The van der Waals surface area contributed by atoms with Crippen LogP contribution in [0.2, 0.25) is 0 Å². The average Bonchev–Trinajstić information content (AvgIpc) is 3.09. The van der Waals surface area contributed by atoms with E-state index in [2.05, 4.69) is 0 Å². The maximum atomic E-state index is 12.5. The Hall–Kier alpha value is -1.78. The van der Waals surface area contributed by atoms with Gasteiger partial charge in [0.25, 0.3) is 5.91 Å². The molecule has 0 unspecified atom stereocenters. The lowest BCUT2D eigenvalue weighted by Crippen LogP contribution is -2.52. The SMILES string of the molecule is O=C(c1ccoc1)N1CCN(C(=O)C2CCCCC2)CC1. The lowest BCUT2D eigenvalue weighted by molar-refractivity contribution is -0.138. The van der Waals surface area contributed by atoms with Gasteiger partial charge < -0.3 is 14.2 Å². The number of piperazine rings is 1. The van der Waals surface area contributed by atoms with Crippen LogP contribution >= 0.6 is 0 Å². The molecule has 0 bridgehead atoms. The molecule has 21 heavy (non-hydrogen) atoms. The van der Waals surface area contributed by atoms with Crippen LogP contribution in [0.15, 0.2) is 23.0 Å². The third-order valence-electron chi connectivity index (χ3n) is 4.60. The summed E-state index contributed by atoms with van der Waals surface area (Å²) in [7, 11) is 0. The molecule has 1 aliphatic carbocycles. The molecule has 2 heterocycles. The summed E-state index contributed by atoms with van der Waals surface area (Å²) in [5.41, 5.74) is 0.585. The molecule has 2 aliphatic rings. The Morgan fingerprint density at radius 3 is 2.29 bits per heavy atom. The zero-order valence-corrected chi connectivity index (χ0v) is 12.3. The van der Waals surface area contributed by atoms with E-state index in [0.717, 1.165) is 12.8 Å². The Labute approximate surface area is 124 Å². The van der Waals surface area contributed by atoms with Gasteiger partial charge in [0.15, 0.2) is 0 Å². The van der Waals surface area contributed by atoms with E-state index in [9.17, 15) is 9.59 Å². The highest BCUT2D eigenvalue weighted by Crippen LogP contribution is 2.26. The van der Waals surface area contributed by atoms with Gasteiger partial charge >= 0.3 is 0 Å². The van der Waals surface area contributed by atoms with Gasteiger partial charge in [-0.15, -0.1) is 0 Å². The van der Waals surface area contributed by atoms with E-state index in [1.807, 2.05) is 4.90 Å². The van der Waals surface area contributed by atoms with Gasteiger partial charge in [-0.05, 0) is 18.9 Å².